The average molecular weight is 379 g/mol. The fraction of sp³-hybridized carbons (Fsp3) is 0.250. The van der Waals surface area contributed by atoms with Gasteiger partial charge in [0.1, 0.15) is 11.2 Å². The number of halogens is 1. The third kappa shape index (κ3) is 6.15. The van der Waals surface area contributed by atoms with Crippen molar-refractivity contribution in [2.24, 2.45) is 0 Å². The highest BCUT2D eigenvalue weighted by atomic mass is 79.9. The summed E-state index contributed by atoms with van der Waals surface area (Å²) in [7, 11) is 0. The third-order valence-corrected chi connectivity index (χ3v) is 3.49. The second-order valence-electron chi connectivity index (χ2n) is 4.86. The van der Waals surface area contributed by atoms with E-state index in [2.05, 4.69) is 31.5 Å². The molecular formula is C16H19BrN4O2. The molecule has 1 heterocycles. The van der Waals surface area contributed by atoms with Gasteiger partial charge in [-0.2, -0.15) is 0 Å². The number of nitrogens with one attached hydrogen (secondary N) is 2. The van der Waals surface area contributed by atoms with Gasteiger partial charge in [-0.1, -0.05) is 30.3 Å². The van der Waals surface area contributed by atoms with E-state index in [1.807, 2.05) is 36.4 Å². The van der Waals surface area contributed by atoms with E-state index in [0.29, 0.717) is 18.8 Å². The van der Waals surface area contributed by atoms with Crippen LogP contribution in [0.1, 0.15) is 12.0 Å². The molecule has 0 bridgehead atoms. The van der Waals surface area contributed by atoms with Gasteiger partial charge in [0.2, 0.25) is 0 Å². The Labute approximate surface area is 143 Å². The number of hydrogen-bond acceptors (Lipinski definition) is 5. The average Bonchev–Trinajstić information content (AvgIpc) is 2.56. The second-order valence-corrected chi connectivity index (χ2v) is 5.68. The van der Waals surface area contributed by atoms with E-state index in [4.69, 9.17) is 10.5 Å². The number of aromatic nitrogens is 1. The minimum atomic E-state index is -0.417. The number of hydrogen-bond donors (Lipinski definition) is 3. The molecule has 0 fully saturated rings. The van der Waals surface area contributed by atoms with Crippen LogP contribution >= 0.6 is 15.9 Å². The van der Waals surface area contributed by atoms with Gasteiger partial charge < -0.3 is 21.1 Å². The summed E-state index contributed by atoms with van der Waals surface area (Å²) in [4.78, 5) is 15.6. The normalized spacial score (nSPS) is 10.1. The van der Waals surface area contributed by atoms with Gasteiger partial charge in [-0.05, 0) is 34.0 Å². The second kappa shape index (κ2) is 8.99. The molecule has 0 unspecified atom stereocenters. The number of ether oxygens (including phenoxy) is 1. The van der Waals surface area contributed by atoms with Gasteiger partial charge in [-0.3, -0.25) is 0 Å². The number of nitrogens with two attached hydrogens (primary N) is 1. The van der Waals surface area contributed by atoms with Crippen molar-refractivity contribution in [1.29, 1.82) is 0 Å². The van der Waals surface area contributed by atoms with Crippen LogP contribution in [0.25, 0.3) is 0 Å². The van der Waals surface area contributed by atoms with Gasteiger partial charge in [0.25, 0.3) is 0 Å². The minimum absolute atomic E-state index is 0.270. The van der Waals surface area contributed by atoms with Gasteiger partial charge >= 0.3 is 6.09 Å². The molecule has 0 spiro atoms. The first-order valence-electron chi connectivity index (χ1n) is 7.24. The zero-order valence-electron chi connectivity index (χ0n) is 12.6. The van der Waals surface area contributed by atoms with E-state index < -0.39 is 6.09 Å². The lowest BCUT2D eigenvalue weighted by atomic mass is 10.2. The topological polar surface area (TPSA) is 89.3 Å². The standard InChI is InChI=1S/C16H19BrN4O2/c17-15-9-14(13(18)10-21-15)19-7-4-8-20-16(22)23-11-12-5-2-1-3-6-12/h1-3,5-6,9-10H,4,7-8,11,18H2,(H,19,21)(H,20,22). The van der Waals surface area contributed by atoms with Crippen molar-refractivity contribution in [3.05, 3.63) is 52.8 Å². The Morgan fingerprint density at radius 1 is 1.26 bits per heavy atom. The monoisotopic (exact) mass is 378 g/mol. The lowest BCUT2D eigenvalue weighted by Gasteiger charge is -2.10. The Kier molecular flexibility index (Phi) is 6.68. The van der Waals surface area contributed by atoms with Crippen LogP contribution in [0.3, 0.4) is 0 Å². The van der Waals surface area contributed by atoms with Crippen LogP contribution in [0.4, 0.5) is 16.2 Å². The number of benzene rings is 1. The van der Waals surface area contributed by atoms with Crippen LogP contribution in [0.15, 0.2) is 47.2 Å². The summed E-state index contributed by atoms with van der Waals surface area (Å²) in [6, 6.07) is 11.4. The Balaban J connectivity index is 1.60. The lowest BCUT2D eigenvalue weighted by molar-refractivity contribution is 0.139. The van der Waals surface area contributed by atoms with E-state index in [-0.39, 0.29) is 6.61 Å². The predicted molar refractivity (Wildman–Crippen MR) is 94.1 cm³/mol. The van der Waals surface area contributed by atoms with Crippen molar-refractivity contribution >= 4 is 33.4 Å². The molecule has 0 aliphatic heterocycles. The summed E-state index contributed by atoms with van der Waals surface area (Å²) in [6.07, 6.45) is 1.92. The molecule has 1 amide bonds. The molecule has 4 N–H and O–H groups in total. The molecule has 7 heteroatoms. The summed E-state index contributed by atoms with van der Waals surface area (Å²) in [5.41, 5.74) is 8.18. The largest absolute Gasteiger partial charge is 0.445 e. The first-order chi connectivity index (χ1) is 11.1. The number of nitrogens with zero attached hydrogens (tertiary/aromatic N) is 1. The Morgan fingerprint density at radius 2 is 2.04 bits per heavy atom. The number of pyridine rings is 1. The number of alkyl carbamates (subject to hydrolysis) is 1. The molecular weight excluding hydrogens is 360 g/mol. The van der Waals surface area contributed by atoms with E-state index in [1.165, 1.54) is 0 Å². The van der Waals surface area contributed by atoms with Gasteiger partial charge in [-0.15, -0.1) is 0 Å². The smallest absolute Gasteiger partial charge is 0.407 e. The van der Waals surface area contributed by atoms with Crippen LogP contribution in [-0.2, 0) is 11.3 Å². The van der Waals surface area contributed by atoms with Crippen molar-refractivity contribution in [1.82, 2.24) is 10.3 Å². The summed E-state index contributed by atoms with van der Waals surface area (Å²) < 4.78 is 5.84. The highest BCUT2D eigenvalue weighted by Crippen LogP contribution is 2.20. The molecule has 23 heavy (non-hydrogen) atoms. The molecule has 2 aromatic rings. The molecule has 0 atom stereocenters. The molecule has 1 aromatic carbocycles. The van der Waals surface area contributed by atoms with Gasteiger partial charge in [0.05, 0.1) is 17.6 Å². The Hall–Kier alpha value is -2.28. The summed E-state index contributed by atoms with van der Waals surface area (Å²) in [6.45, 7) is 1.47. The van der Waals surface area contributed by atoms with Crippen molar-refractivity contribution < 1.29 is 9.53 Å². The fourth-order valence-corrected chi connectivity index (χ4v) is 2.20. The summed E-state index contributed by atoms with van der Waals surface area (Å²) in [5.74, 6) is 0. The quantitative estimate of drug-likeness (QED) is 0.508. The zero-order valence-corrected chi connectivity index (χ0v) is 14.2. The number of anilines is 2. The van der Waals surface area contributed by atoms with Gasteiger partial charge in [-0.25, -0.2) is 9.78 Å². The van der Waals surface area contributed by atoms with Crippen molar-refractivity contribution in [2.75, 3.05) is 24.1 Å². The molecule has 122 valence electrons. The lowest BCUT2D eigenvalue weighted by Crippen LogP contribution is -2.26. The maximum absolute atomic E-state index is 11.6. The van der Waals surface area contributed by atoms with Crippen molar-refractivity contribution in [3.8, 4) is 0 Å². The predicted octanol–water partition coefficient (Wildman–Crippen LogP) is 3.15. The van der Waals surface area contributed by atoms with E-state index in [0.717, 1.165) is 22.3 Å². The molecule has 0 saturated heterocycles. The van der Waals surface area contributed by atoms with Crippen molar-refractivity contribution in [3.63, 3.8) is 0 Å². The van der Waals surface area contributed by atoms with Gasteiger partial charge in [0, 0.05) is 13.1 Å². The highest BCUT2D eigenvalue weighted by Gasteiger charge is 2.03. The maximum Gasteiger partial charge on any atom is 0.407 e. The van der Waals surface area contributed by atoms with Crippen LogP contribution in [0.5, 0.6) is 0 Å². The van der Waals surface area contributed by atoms with Crippen LogP contribution in [-0.4, -0.2) is 24.2 Å². The molecule has 0 aliphatic carbocycles. The Morgan fingerprint density at radius 3 is 2.83 bits per heavy atom. The fourth-order valence-electron chi connectivity index (χ4n) is 1.87. The summed E-state index contributed by atoms with van der Waals surface area (Å²) >= 11 is 3.29. The van der Waals surface area contributed by atoms with Crippen LogP contribution in [0, 0.1) is 0 Å². The zero-order chi connectivity index (χ0) is 16.5. The number of rotatable bonds is 7. The van der Waals surface area contributed by atoms with E-state index in [9.17, 15) is 4.79 Å². The first-order valence-corrected chi connectivity index (χ1v) is 8.04. The SMILES string of the molecule is Nc1cnc(Br)cc1NCCCNC(=O)OCc1ccccc1. The number of amides is 1. The van der Waals surface area contributed by atoms with E-state index >= 15 is 0 Å². The molecule has 1 aromatic heterocycles. The molecule has 6 nitrogen and oxygen atoms in total. The molecule has 0 radical (unpaired) electrons. The number of carbonyl (C=O) groups excluding carboxylic acids is 1. The number of nitrogen functional groups attached to an aromatic ring is 1. The maximum atomic E-state index is 11.6. The van der Waals surface area contributed by atoms with Crippen LogP contribution < -0.4 is 16.4 Å². The molecule has 0 aliphatic rings. The van der Waals surface area contributed by atoms with Crippen molar-refractivity contribution in [2.45, 2.75) is 13.0 Å². The van der Waals surface area contributed by atoms with Crippen LogP contribution in [0.2, 0.25) is 0 Å². The molecule has 0 saturated carbocycles. The minimum Gasteiger partial charge on any atom is -0.445 e. The van der Waals surface area contributed by atoms with E-state index in [1.54, 1.807) is 6.20 Å². The third-order valence-electron chi connectivity index (χ3n) is 3.05. The Bertz CT molecular complexity index is 637. The van der Waals surface area contributed by atoms with Gasteiger partial charge in [0.15, 0.2) is 0 Å². The number of carbonyl (C=O) groups is 1. The summed E-state index contributed by atoms with van der Waals surface area (Å²) in [5, 5.41) is 5.91. The highest BCUT2D eigenvalue weighted by molar-refractivity contribution is 9.10. The molecule has 2 rings (SSSR count). The first kappa shape index (κ1) is 17.1.